The first-order chi connectivity index (χ1) is 15.9. The van der Waals surface area contributed by atoms with Crippen molar-refractivity contribution in [2.24, 2.45) is 0 Å². The van der Waals surface area contributed by atoms with Gasteiger partial charge in [-0.05, 0) is 35.6 Å². The number of imidazole rings is 1. The molecule has 0 atom stereocenters. The first-order valence-corrected chi connectivity index (χ1v) is 10.2. The number of carbonyl (C=O) groups excluding carboxylic acids is 1. The number of nitro groups is 1. The fraction of sp³-hybridized carbons (Fsp3) is 0.208. The van der Waals surface area contributed by atoms with E-state index in [1.165, 1.54) is 16.8 Å². The normalized spacial score (nSPS) is 11.0. The molecule has 3 rings (SSSR count). The van der Waals surface area contributed by atoms with E-state index < -0.39 is 4.92 Å². The lowest BCUT2D eigenvalue weighted by atomic mass is 10.0. The molecule has 0 saturated heterocycles. The highest BCUT2D eigenvalue weighted by atomic mass is 16.6. The molecule has 0 spiro atoms. The monoisotopic (exact) mass is 446 g/mol. The number of allylic oxidation sites excluding steroid dienone is 1. The molecule has 9 nitrogen and oxygen atoms in total. The van der Waals surface area contributed by atoms with E-state index in [4.69, 9.17) is 9.47 Å². The molecule has 3 aromatic rings. The first-order valence-electron chi connectivity index (χ1n) is 10.2. The predicted octanol–water partition coefficient (Wildman–Crippen LogP) is 4.37. The van der Waals surface area contributed by atoms with Crippen molar-refractivity contribution < 1.29 is 19.2 Å². The highest BCUT2D eigenvalue weighted by molar-refractivity contribution is 6.14. The molecular weight excluding hydrogens is 424 g/mol. The third-order valence-corrected chi connectivity index (χ3v) is 4.77. The van der Waals surface area contributed by atoms with Gasteiger partial charge in [0.15, 0.2) is 17.3 Å². The fourth-order valence-electron chi connectivity index (χ4n) is 3.19. The second kappa shape index (κ2) is 10.7. The van der Waals surface area contributed by atoms with Crippen molar-refractivity contribution in [3.8, 4) is 17.6 Å². The molecule has 0 aliphatic carbocycles. The molecule has 9 heteroatoms. The van der Waals surface area contributed by atoms with Gasteiger partial charge in [0, 0.05) is 12.5 Å². The molecule has 0 aliphatic heterocycles. The van der Waals surface area contributed by atoms with Crippen LogP contribution in [0, 0.1) is 28.4 Å². The van der Waals surface area contributed by atoms with Crippen molar-refractivity contribution in [3.05, 3.63) is 87.4 Å². The summed E-state index contributed by atoms with van der Waals surface area (Å²) in [6.45, 7) is 4.28. The Morgan fingerprint density at radius 1 is 1.21 bits per heavy atom. The number of nitrogens with zero attached hydrogens (tertiary/aromatic N) is 4. The molecule has 1 aromatic heterocycles. The second-order valence-corrected chi connectivity index (χ2v) is 6.92. The number of carbonyl (C=O) groups is 1. The zero-order chi connectivity index (χ0) is 23.8. The van der Waals surface area contributed by atoms with E-state index >= 15 is 0 Å². The highest BCUT2D eigenvalue weighted by Gasteiger charge is 2.18. The molecule has 0 fully saturated rings. The molecule has 0 N–H and O–H groups in total. The van der Waals surface area contributed by atoms with E-state index in [2.05, 4.69) is 4.98 Å². The molecule has 0 amide bonds. The Balaban J connectivity index is 1.78. The maximum absolute atomic E-state index is 12.6. The molecule has 0 saturated carbocycles. The number of hydrogen-bond donors (Lipinski definition) is 0. The predicted molar refractivity (Wildman–Crippen MR) is 121 cm³/mol. The first kappa shape index (κ1) is 23.2. The summed E-state index contributed by atoms with van der Waals surface area (Å²) in [5.74, 6) is 0.931. The van der Waals surface area contributed by atoms with Crippen LogP contribution in [0.4, 0.5) is 5.82 Å². The minimum Gasteiger partial charge on any atom is -0.490 e. The number of ether oxygens (including phenoxy) is 2. The van der Waals surface area contributed by atoms with Crippen molar-refractivity contribution in [1.29, 1.82) is 5.26 Å². The average Bonchev–Trinajstić information content (AvgIpc) is 3.19. The molecule has 0 bridgehead atoms. The number of aromatic nitrogens is 2. The number of nitriles is 1. The van der Waals surface area contributed by atoms with Crippen LogP contribution in [-0.4, -0.2) is 33.5 Å². The lowest BCUT2D eigenvalue weighted by Crippen LogP contribution is -2.12. The summed E-state index contributed by atoms with van der Waals surface area (Å²) in [5.41, 5.74) is 1.03. The van der Waals surface area contributed by atoms with E-state index in [1.54, 1.807) is 55.5 Å². The quantitative estimate of drug-likeness (QED) is 0.149. The molecule has 2 aromatic carbocycles. The molecule has 0 aliphatic rings. The zero-order valence-electron chi connectivity index (χ0n) is 18.2. The van der Waals surface area contributed by atoms with Crippen LogP contribution in [-0.2, 0) is 6.54 Å². The van der Waals surface area contributed by atoms with E-state index in [9.17, 15) is 20.2 Å². The number of hydrogen-bond acceptors (Lipinski definition) is 7. The average molecular weight is 446 g/mol. The molecule has 33 heavy (non-hydrogen) atoms. The van der Waals surface area contributed by atoms with Gasteiger partial charge in [0.2, 0.25) is 5.78 Å². The Labute approximate surface area is 190 Å². The number of Topliss-reactive ketones (excluding diaryl/α,β-unsaturated/α-hetero) is 1. The third kappa shape index (κ3) is 5.62. The second-order valence-electron chi connectivity index (χ2n) is 6.92. The van der Waals surface area contributed by atoms with Gasteiger partial charge in [-0.1, -0.05) is 36.4 Å². The van der Waals surface area contributed by atoms with Crippen molar-refractivity contribution in [2.75, 3.05) is 13.2 Å². The Morgan fingerprint density at radius 2 is 1.97 bits per heavy atom. The third-order valence-electron chi connectivity index (χ3n) is 4.77. The van der Waals surface area contributed by atoms with Crippen LogP contribution in [0.15, 0.2) is 60.3 Å². The topological polar surface area (TPSA) is 120 Å². The van der Waals surface area contributed by atoms with Gasteiger partial charge in [0.25, 0.3) is 0 Å². The SMILES string of the molecule is CCOc1cc(/C=C(\C#N)C(=O)c2ccccc2)ccc1OCCn1c([N+](=O)[O-])cnc1C. The minimum absolute atomic E-state index is 0.000194. The number of aryl methyl sites for hydroxylation is 1. The minimum atomic E-state index is -0.490. The number of benzene rings is 2. The Bertz CT molecular complexity index is 1230. The summed E-state index contributed by atoms with van der Waals surface area (Å²) < 4.78 is 12.9. The molecule has 168 valence electrons. The number of ketones is 1. The lowest BCUT2D eigenvalue weighted by molar-refractivity contribution is -0.392. The van der Waals surface area contributed by atoms with Gasteiger partial charge in [-0.2, -0.15) is 5.26 Å². The van der Waals surface area contributed by atoms with E-state index in [0.717, 1.165) is 0 Å². The van der Waals surface area contributed by atoms with Crippen molar-refractivity contribution >= 4 is 17.7 Å². The smallest absolute Gasteiger partial charge is 0.342 e. The van der Waals surface area contributed by atoms with E-state index in [1.807, 2.05) is 13.0 Å². The van der Waals surface area contributed by atoms with Crippen LogP contribution >= 0.6 is 0 Å². The van der Waals surface area contributed by atoms with E-state index in [0.29, 0.717) is 35.1 Å². The summed E-state index contributed by atoms with van der Waals surface area (Å²) in [5, 5.41) is 20.6. The van der Waals surface area contributed by atoms with E-state index in [-0.39, 0.29) is 30.3 Å². The molecule has 0 radical (unpaired) electrons. The van der Waals surface area contributed by atoms with Gasteiger partial charge in [0.1, 0.15) is 31.0 Å². The van der Waals surface area contributed by atoms with Gasteiger partial charge in [0.05, 0.1) is 6.61 Å². The largest absolute Gasteiger partial charge is 0.490 e. The standard InChI is InChI=1S/C24H22N4O5/c1-3-32-22-14-18(13-20(15-25)24(29)19-7-5-4-6-8-19)9-10-21(22)33-12-11-27-17(2)26-16-23(27)28(30)31/h4-10,13-14,16H,3,11-12H2,1-2H3/b20-13+. The zero-order valence-corrected chi connectivity index (χ0v) is 18.2. The summed E-state index contributed by atoms with van der Waals surface area (Å²) in [4.78, 5) is 27.2. The van der Waals surface area contributed by atoms with Crippen LogP contribution in [0.3, 0.4) is 0 Å². The van der Waals surface area contributed by atoms with Crippen molar-refractivity contribution in [2.45, 2.75) is 20.4 Å². The molecule has 0 unspecified atom stereocenters. The Morgan fingerprint density at radius 3 is 2.64 bits per heavy atom. The Kier molecular flexibility index (Phi) is 7.55. The number of rotatable bonds is 10. The van der Waals surface area contributed by atoms with Crippen molar-refractivity contribution in [3.63, 3.8) is 0 Å². The lowest BCUT2D eigenvalue weighted by Gasteiger charge is -2.12. The van der Waals surface area contributed by atoms with Gasteiger partial charge in [-0.15, -0.1) is 0 Å². The van der Waals surface area contributed by atoms with Crippen LogP contribution in [0.1, 0.15) is 28.7 Å². The maximum Gasteiger partial charge on any atom is 0.342 e. The van der Waals surface area contributed by atoms with Gasteiger partial charge < -0.3 is 19.6 Å². The Hall–Kier alpha value is -4.45. The van der Waals surface area contributed by atoms with Crippen LogP contribution in [0.25, 0.3) is 6.08 Å². The summed E-state index contributed by atoms with van der Waals surface area (Å²) >= 11 is 0. The van der Waals surface area contributed by atoms with Crippen LogP contribution < -0.4 is 9.47 Å². The van der Waals surface area contributed by atoms with Crippen LogP contribution in [0.5, 0.6) is 11.5 Å². The fourth-order valence-corrected chi connectivity index (χ4v) is 3.19. The maximum atomic E-state index is 12.6. The van der Waals surface area contributed by atoms with Crippen molar-refractivity contribution in [1.82, 2.24) is 9.55 Å². The highest BCUT2D eigenvalue weighted by Crippen LogP contribution is 2.30. The van der Waals surface area contributed by atoms with Gasteiger partial charge in [-0.25, -0.2) is 9.55 Å². The van der Waals surface area contributed by atoms with Gasteiger partial charge >= 0.3 is 5.82 Å². The molecular formula is C24H22N4O5. The molecule has 1 heterocycles. The summed E-state index contributed by atoms with van der Waals surface area (Å²) in [6, 6.07) is 15.6. The van der Waals surface area contributed by atoms with Crippen LogP contribution in [0.2, 0.25) is 0 Å². The van der Waals surface area contributed by atoms with Gasteiger partial charge in [-0.3, -0.25) is 4.79 Å². The summed E-state index contributed by atoms with van der Waals surface area (Å²) in [6.07, 6.45) is 2.71. The summed E-state index contributed by atoms with van der Waals surface area (Å²) in [7, 11) is 0.